The van der Waals surface area contributed by atoms with Crippen LogP contribution in [0, 0.1) is 5.92 Å². The van der Waals surface area contributed by atoms with Gasteiger partial charge in [0.15, 0.2) is 0 Å². The fourth-order valence-electron chi connectivity index (χ4n) is 3.95. The average Bonchev–Trinajstić information content (AvgIpc) is 2.99. The molecule has 4 heteroatoms. The van der Waals surface area contributed by atoms with Gasteiger partial charge in [-0.2, -0.15) is 11.8 Å². The molecule has 1 spiro atoms. The van der Waals surface area contributed by atoms with Crippen molar-refractivity contribution >= 4 is 17.7 Å². The van der Waals surface area contributed by atoms with E-state index in [0.29, 0.717) is 17.9 Å². The third-order valence-corrected chi connectivity index (χ3v) is 6.18. The Kier molecular flexibility index (Phi) is 3.82. The van der Waals surface area contributed by atoms with E-state index < -0.39 is 0 Å². The summed E-state index contributed by atoms with van der Waals surface area (Å²) in [6, 6.07) is 0.464. The summed E-state index contributed by atoms with van der Waals surface area (Å²) in [5.74, 6) is 3.31. The summed E-state index contributed by atoms with van der Waals surface area (Å²) in [6.07, 6.45) is 7.22. The van der Waals surface area contributed by atoms with Crippen LogP contribution in [0.25, 0.3) is 0 Å². The van der Waals surface area contributed by atoms with Crippen LogP contribution in [0.1, 0.15) is 52.4 Å². The molecule has 19 heavy (non-hydrogen) atoms. The van der Waals surface area contributed by atoms with Crippen LogP contribution in [0.4, 0.5) is 0 Å². The van der Waals surface area contributed by atoms with Gasteiger partial charge in [-0.05, 0) is 37.4 Å². The maximum absolute atomic E-state index is 13.0. The smallest absolute Gasteiger partial charge is 0.244 e. The van der Waals surface area contributed by atoms with Crippen LogP contribution < -0.4 is 5.32 Å². The van der Waals surface area contributed by atoms with Gasteiger partial charge in [-0.3, -0.25) is 10.1 Å². The first kappa shape index (κ1) is 13.7. The first-order chi connectivity index (χ1) is 9.14. The van der Waals surface area contributed by atoms with Gasteiger partial charge < -0.3 is 4.90 Å². The zero-order valence-corrected chi connectivity index (χ0v) is 13.0. The molecule has 2 aliphatic heterocycles. The number of amides is 1. The highest BCUT2D eigenvalue weighted by atomic mass is 32.2. The van der Waals surface area contributed by atoms with Gasteiger partial charge in [0.05, 0.1) is 11.7 Å². The number of carbonyl (C=O) groups excluding carboxylic acids is 1. The van der Waals surface area contributed by atoms with Gasteiger partial charge in [0.25, 0.3) is 0 Å². The molecule has 2 heterocycles. The summed E-state index contributed by atoms with van der Waals surface area (Å²) in [4.78, 5) is 15.2. The van der Waals surface area contributed by atoms with E-state index in [0.717, 1.165) is 18.6 Å². The van der Waals surface area contributed by atoms with E-state index >= 15 is 0 Å². The molecule has 1 aliphatic carbocycles. The maximum atomic E-state index is 13.0. The van der Waals surface area contributed by atoms with Gasteiger partial charge in [-0.25, -0.2) is 0 Å². The van der Waals surface area contributed by atoms with Crippen LogP contribution in [0.15, 0.2) is 0 Å². The zero-order chi connectivity index (χ0) is 13.5. The molecule has 2 atom stereocenters. The average molecular weight is 282 g/mol. The summed E-state index contributed by atoms with van der Waals surface area (Å²) in [6.45, 7) is 4.48. The lowest BCUT2D eigenvalue weighted by Gasteiger charge is -2.36. The molecule has 2 unspecified atom stereocenters. The standard InChI is InChI=1S/C15H26N2OS/c1-11(2)13-16-15(7-3-4-8-15)14(18)17(13)12-6-5-9-19-10-12/h11-13,16H,3-10H2,1-2H3. The number of carbonyl (C=O) groups is 1. The zero-order valence-electron chi connectivity index (χ0n) is 12.2. The third kappa shape index (κ3) is 2.31. The molecule has 1 N–H and O–H groups in total. The number of hydrogen-bond acceptors (Lipinski definition) is 3. The van der Waals surface area contributed by atoms with Crippen molar-refractivity contribution < 1.29 is 4.79 Å². The lowest BCUT2D eigenvalue weighted by atomic mass is 9.97. The summed E-state index contributed by atoms with van der Waals surface area (Å²) in [7, 11) is 0. The quantitative estimate of drug-likeness (QED) is 0.845. The van der Waals surface area contributed by atoms with Gasteiger partial charge in [0.1, 0.15) is 0 Å². The SMILES string of the molecule is CC(C)C1NC2(CCCC2)C(=O)N1C1CCCSC1. The lowest BCUT2D eigenvalue weighted by molar-refractivity contribution is -0.135. The lowest BCUT2D eigenvalue weighted by Crippen LogP contribution is -2.49. The molecule has 0 aromatic rings. The largest absolute Gasteiger partial charge is 0.321 e. The van der Waals surface area contributed by atoms with Crippen molar-refractivity contribution in [1.29, 1.82) is 0 Å². The topological polar surface area (TPSA) is 32.3 Å². The van der Waals surface area contributed by atoms with Crippen LogP contribution in [0.3, 0.4) is 0 Å². The summed E-state index contributed by atoms with van der Waals surface area (Å²) in [5, 5.41) is 3.73. The molecule has 1 amide bonds. The van der Waals surface area contributed by atoms with Gasteiger partial charge in [-0.1, -0.05) is 26.7 Å². The minimum atomic E-state index is -0.197. The highest BCUT2D eigenvalue weighted by molar-refractivity contribution is 7.99. The Labute approximate surface area is 120 Å². The van der Waals surface area contributed by atoms with Crippen LogP contribution in [0.5, 0.6) is 0 Å². The van der Waals surface area contributed by atoms with Crippen molar-refractivity contribution in [3.63, 3.8) is 0 Å². The van der Waals surface area contributed by atoms with Gasteiger partial charge in [0, 0.05) is 11.8 Å². The van der Waals surface area contributed by atoms with E-state index in [1.807, 2.05) is 11.8 Å². The first-order valence-corrected chi connectivity index (χ1v) is 8.98. The van der Waals surface area contributed by atoms with E-state index in [4.69, 9.17) is 0 Å². The number of nitrogens with one attached hydrogen (secondary N) is 1. The molecule has 0 aromatic carbocycles. The highest BCUT2D eigenvalue weighted by Crippen LogP contribution is 2.40. The van der Waals surface area contributed by atoms with Crippen molar-refractivity contribution in [1.82, 2.24) is 10.2 Å². The van der Waals surface area contributed by atoms with Crippen LogP contribution >= 0.6 is 11.8 Å². The molecule has 3 rings (SSSR count). The van der Waals surface area contributed by atoms with Crippen molar-refractivity contribution in [2.45, 2.75) is 70.1 Å². The predicted molar refractivity (Wildman–Crippen MR) is 80.2 cm³/mol. The normalized spacial score (nSPS) is 34.7. The third-order valence-electron chi connectivity index (χ3n) is 4.99. The van der Waals surface area contributed by atoms with E-state index in [-0.39, 0.29) is 11.7 Å². The Morgan fingerprint density at radius 1 is 1.32 bits per heavy atom. The second-order valence-electron chi connectivity index (χ2n) is 6.71. The van der Waals surface area contributed by atoms with Crippen LogP contribution in [-0.2, 0) is 4.79 Å². The molecule has 3 aliphatic rings. The molecule has 1 saturated carbocycles. The maximum Gasteiger partial charge on any atom is 0.244 e. The molecule has 3 nitrogen and oxygen atoms in total. The molecular formula is C15H26N2OS. The summed E-state index contributed by atoms with van der Waals surface area (Å²) >= 11 is 2.01. The molecular weight excluding hydrogens is 256 g/mol. The second-order valence-corrected chi connectivity index (χ2v) is 7.86. The Balaban J connectivity index is 1.84. The van der Waals surface area contributed by atoms with E-state index in [1.54, 1.807) is 0 Å². The number of nitrogens with zero attached hydrogens (tertiary/aromatic N) is 1. The molecule has 3 fully saturated rings. The van der Waals surface area contributed by atoms with E-state index in [2.05, 4.69) is 24.1 Å². The fourth-order valence-corrected chi connectivity index (χ4v) is 5.09. The summed E-state index contributed by atoms with van der Waals surface area (Å²) in [5.41, 5.74) is -0.197. The minimum absolute atomic E-state index is 0.197. The first-order valence-electron chi connectivity index (χ1n) is 7.82. The molecule has 0 bridgehead atoms. The van der Waals surface area contributed by atoms with Gasteiger partial charge in [0.2, 0.25) is 5.91 Å². The van der Waals surface area contributed by atoms with Crippen molar-refractivity contribution in [2.24, 2.45) is 5.92 Å². The Hall–Kier alpha value is -0.220. The molecule has 108 valence electrons. The Bertz CT molecular complexity index is 346. The molecule has 2 saturated heterocycles. The van der Waals surface area contributed by atoms with Crippen molar-refractivity contribution in [3.8, 4) is 0 Å². The Morgan fingerprint density at radius 2 is 2.05 bits per heavy atom. The number of hydrogen-bond donors (Lipinski definition) is 1. The van der Waals surface area contributed by atoms with E-state index in [1.165, 1.54) is 31.4 Å². The number of thioether (sulfide) groups is 1. The summed E-state index contributed by atoms with van der Waals surface area (Å²) < 4.78 is 0. The minimum Gasteiger partial charge on any atom is -0.321 e. The van der Waals surface area contributed by atoms with E-state index in [9.17, 15) is 4.79 Å². The van der Waals surface area contributed by atoms with Crippen LogP contribution in [0.2, 0.25) is 0 Å². The van der Waals surface area contributed by atoms with Gasteiger partial charge in [-0.15, -0.1) is 0 Å². The van der Waals surface area contributed by atoms with Crippen molar-refractivity contribution in [2.75, 3.05) is 11.5 Å². The van der Waals surface area contributed by atoms with Crippen molar-refractivity contribution in [3.05, 3.63) is 0 Å². The van der Waals surface area contributed by atoms with Gasteiger partial charge >= 0.3 is 0 Å². The number of rotatable bonds is 2. The van der Waals surface area contributed by atoms with Crippen LogP contribution in [-0.4, -0.2) is 40.1 Å². The highest BCUT2D eigenvalue weighted by Gasteiger charge is 2.54. The predicted octanol–water partition coefficient (Wildman–Crippen LogP) is 2.61. The molecule has 0 aromatic heterocycles. The molecule has 0 radical (unpaired) electrons. The monoisotopic (exact) mass is 282 g/mol. The second kappa shape index (κ2) is 5.28. The Morgan fingerprint density at radius 3 is 2.63 bits per heavy atom. The fraction of sp³-hybridized carbons (Fsp3) is 0.933.